The summed E-state index contributed by atoms with van der Waals surface area (Å²) in [5, 5.41) is 2.92. The van der Waals surface area contributed by atoms with Gasteiger partial charge in [0.05, 0.1) is 10.6 Å². The van der Waals surface area contributed by atoms with E-state index in [1.807, 2.05) is 71.9 Å². The minimum atomic E-state index is -4.08. The van der Waals surface area contributed by atoms with Crippen LogP contribution in [0.1, 0.15) is 49.4 Å². The zero-order chi connectivity index (χ0) is 28.7. The third-order valence-electron chi connectivity index (χ3n) is 6.64. The van der Waals surface area contributed by atoms with Gasteiger partial charge in [-0.25, -0.2) is 8.42 Å². The van der Waals surface area contributed by atoms with Gasteiger partial charge in [0.25, 0.3) is 10.0 Å². The molecule has 0 radical (unpaired) electrons. The number of carbonyl (C=O) groups is 2. The van der Waals surface area contributed by atoms with Crippen LogP contribution < -0.4 is 9.62 Å². The lowest BCUT2D eigenvalue weighted by atomic mass is 10.1. The Labute approximate surface area is 232 Å². The Bertz CT molecular complexity index is 1400. The van der Waals surface area contributed by atoms with Crippen molar-refractivity contribution in [1.29, 1.82) is 0 Å². The summed E-state index contributed by atoms with van der Waals surface area (Å²) in [7, 11) is -4.08. The highest BCUT2D eigenvalue weighted by Gasteiger charge is 2.33. The fourth-order valence-electron chi connectivity index (χ4n) is 4.44. The van der Waals surface area contributed by atoms with E-state index in [-0.39, 0.29) is 23.4 Å². The number of aryl methyl sites for hydroxylation is 3. The molecule has 0 unspecified atom stereocenters. The number of amides is 2. The predicted molar refractivity (Wildman–Crippen MR) is 156 cm³/mol. The van der Waals surface area contributed by atoms with Crippen LogP contribution in [0, 0.1) is 20.8 Å². The monoisotopic (exact) mass is 549 g/mol. The van der Waals surface area contributed by atoms with Crippen molar-refractivity contribution < 1.29 is 18.0 Å². The van der Waals surface area contributed by atoms with Gasteiger partial charge in [-0.05, 0) is 82.0 Å². The van der Waals surface area contributed by atoms with Crippen LogP contribution >= 0.6 is 0 Å². The fraction of sp³-hybridized carbons (Fsp3) is 0.355. The number of sulfonamides is 1. The average molecular weight is 550 g/mol. The number of hydrogen-bond donors (Lipinski definition) is 1. The highest BCUT2D eigenvalue weighted by molar-refractivity contribution is 7.92. The number of anilines is 1. The zero-order valence-electron chi connectivity index (χ0n) is 23.6. The van der Waals surface area contributed by atoms with Gasteiger partial charge in [0.1, 0.15) is 12.6 Å². The highest BCUT2D eigenvalue weighted by Crippen LogP contribution is 2.26. The van der Waals surface area contributed by atoms with Gasteiger partial charge >= 0.3 is 0 Å². The van der Waals surface area contributed by atoms with Crippen LogP contribution in [-0.4, -0.2) is 43.8 Å². The van der Waals surface area contributed by atoms with E-state index in [2.05, 4.69) is 5.32 Å². The van der Waals surface area contributed by atoms with Crippen LogP contribution in [0.3, 0.4) is 0 Å². The molecule has 1 atom stereocenters. The molecule has 0 aliphatic heterocycles. The smallest absolute Gasteiger partial charge is 0.264 e. The molecule has 3 rings (SSSR count). The summed E-state index contributed by atoms with van der Waals surface area (Å²) in [6.07, 6.45) is 0.380. The van der Waals surface area contributed by atoms with E-state index in [0.717, 1.165) is 26.6 Å². The average Bonchev–Trinajstić information content (AvgIpc) is 2.88. The molecule has 0 aliphatic rings. The number of benzene rings is 3. The Morgan fingerprint density at radius 3 is 2.15 bits per heavy atom. The van der Waals surface area contributed by atoms with Gasteiger partial charge in [-0.15, -0.1) is 0 Å². The quantitative estimate of drug-likeness (QED) is 0.359. The largest absolute Gasteiger partial charge is 0.352 e. The number of carbonyl (C=O) groups excluding carboxylic acids is 2. The number of nitrogens with one attached hydrogen (secondary N) is 1. The molecular weight excluding hydrogens is 510 g/mol. The molecule has 0 saturated carbocycles. The van der Waals surface area contributed by atoms with Gasteiger partial charge in [-0.3, -0.25) is 13.9 Å². The second-order valence-corrected chi connectivity index (χ2v) is 12.1. The summed E-state index contributed by atoms with van der Waals surface area (Å²) < 4.78 is 28.9. The fourth-order valence-corrected chi connectivity index (χ4v) is 5.86. The Hall–Kier alpha value is -3.65. The molecule has 0 saturated heterocycles. The van der Waals surface area contributed by atoms with Crippen molar-refractivity contribution in [2.45, 2.75) is 71.5 Å². The minimum absolute atomic E-state index is 0.0888. The Kier molecular flexibility index (Phi) is 9.92. The van der Waals surface area contributed by atoms with Crippen molar-refractivity contribution in [3.05, 3.63) is 95.1 Å². The maximum absolute atomic E-state index is 14.1. The van der Waals surface area contributed by atoms with E-state index in [1.165, 1.54) is 17.0 Å². The van der Waals surface area contributed by atoms with Crippen LogP contribution in [0.15, 0.2) is 77.7 Å². The van der Waals surface area contributed by atoms with Crippen molar-refractivity contribution >= 4 is 27.5 Å². The molecule has 7 nitrogen and oxygen atoms in total. The first-order chi connectivity index (χ1) is 18.4. The maximum atomic E-state index is 14.1. The lowest BCUT2D eigenvalue weighted by Gasteiger charge is -2.33. The van der Waals surface area contributed by atoms with Crippen molar-refractivity contribution in [3.63, 3.8) is 0 Å². The van der Waals surface area contributed by atoms with Crippen LogP contribution in [0.2, 0.25) is 0 Å². The van der Waals surface area contributed by atoms with Gasteiger partial charge in [0.15, 0.2) is 0 Å². The second-order valence-electron chi connectivity index (χ2n) is 10.2. The van der Waals surface area contributed by atoms with Crippen LogP contribution in [0.25, 0.3) is 0 Å². The SMILES string of the molecule is CC[C@@H](C(=O)NC(C)C)N(Cc1cccc(C)c1)C(=O)CN(c1ccc(C)c(C)c1)S(=O)(=O)c1ccccc1. The van der Waals surface area contributed by atoms with Gasteiger partial charge in [-0.2, -0.15) is 0 Å². The van der Waals surface area contributed by atoms with E-state index >= 15 is 0 Å². The van der Waals surface area contributed by atoms with E-state index in [0.29, 0.717) is 12.1 Å². The molecule has 0 spiro atoms. The van der Waals surface area contributed by atoms with Gasteiger partial charge < -0.3 is 10.2 Å². The topological polar surface area (TPSA) is 86.8 Å². The maximum Gasteiger partial charge on any atom is 0.264 e. The van der Waals surface area contributed by atoms with Gasteiger partial charge in [0.2, 0.25) is 11.8 Å². The van der Waals surface area contributed by atoms with Crippen molar-refractivity contribution in [3.8, 4) is 0 Å². The molecule has 39 heavy (non-hydrogen) atoms. The lowest BCUT2D eigenvalue weighted by Crippen LogP contribution is -2.53. The molecule has 0 bridgehead atoms. The summed E-state index contributed by atoms with van der Waals surface area (Å²) in [5.74, 6) is -0.725. The van der Waals surface area contributed by atoms with Crippen molar-refractivity contribution in [1.82, 2.24) is 10.2 Å². The van der Waals surface area contributed by atoms with Gasteiger partial charge in [0, 0.05) is 12.6 Å². The third-order valence-corrected chi connectivity index (χ3v) is 8.43. The Balaban J connectivity index is 2.08. The molecule has 1 N–H and O–H groups in total. The molecule has 0 heterocycles. The minimum Gasteiger partial charge on any atom is -0.352 e. The molecule has 2 amide bonds. The molecule has 0 aromatic heterocycles. The van der Waals surface area contributed by atoms with Crippen molar-refractivity contribution in [2.24, 2.45) is 0 Å². The number of hydrogen-bond acceptors (Lipinski definition) is 4. The molecule has 208 valence electrons. The van der Waals surface area contributed by atoms with E-state index < -0.39 is 28.5 Å². The second kappa shape index (κ2) is 12.9. The Morgan fingerprint density at radius 1 is 0.872 bits per heavy atom. The molecule has 0 fully saturated rings. The van der Waals surface area contributed by atoms with Crippen LogP contribution in [0.5, 0.6) is 0 Å². The highest BCUT2D eigenvalue weighted by atomic mass is 32.2. The molecule has 3 aromatic rings. The first kappa shape index (κ1) is 29.9. The van der Waals surface area contributed by atoms with E-state index in [9.17, 15) is 18.0 Å². The summed E-state index contributed by atoms with van der Waals surface area (Å²) in [5.41, 5.74) is 4.21. The normalized spacial score (nSPS) is 12.2. The molecule has 3 aromatic carbocycles. The summed E-state index contributed by atoms with van der Waals surface area (Å²) in [6.45, 7) is 11.1. The molecule has 8 heteroatoms. The molecule has 0 aliphatic carbocycles. The summed E-state index contributed by atoms with van der Waals surface area (Å²) >= 11 is 0. The van der Waals surface area contributed by atoms with Crippen molar-refractivity contribution in [2.75, 3.05) is 10.8 Å². The predicted octanol–water partition coefficient (Wildman–Crippen LogP) is 5.14. The third kappa shape index (κ3) is 7.47. The standard InChI is InChI=1S/C31H39N3O4S/c1-7-29(31(36)32-22(2)3)33(20-26-13-11-12-23(4)18-26)30(35)21-34(27-17-16-24(5)25(6)19-27)39(37,38)28-14-9-8-10-15-28/h8-19,22,29H,7,20-21H2,1-6H3,(H,32,36)/t29-/m0/s1. The van der Waals surface area contributed by atoms with Crippen LogP contribution in [0.4, 0.5) is 5.69 Å². The zero-order valence-corrected chi connectivity index (χ0v) is 24.5. The first-order valence-electron chi connectivity index (χ1n) is 13.2. The summed E-state index contributed by atoms with van der Waals surface area (Å²) in [6, 6.07) is 20.3. The summed E-state index contributed by atoms with van der Waals surface area (Å²) in [4.78, 5) is 28.9. The lowest BCUT2D eigenvalue weighted by molar-refractivity contribution is -0.140. The van der Waals surface area contributed by atoms with E-state index in [4.69, 9.17) is 0 Å². The first-order valence-corrected chi connectivity index (χ1v) is 14.7. The van der Waals surface area contributed by atoms with Crippen LogP contribution in [-0.2, 0) is 26.2 Å². The van der Waals surface area contributed by atoms with Gasteiger partial charge in [-0.1, -0.05) is 61.0 Å². The number of rotatable bonds is 11. The van der Waals surface area contributed by atoms with E-state index in [1.54, 1.807) is 30.3 Å². The number of nitrogens with zero attached hydrogens (tertiary/aromatic N) is 2. The molecular formula is C31H39N3O4S. The Morgan fingerprint density at radius 2 is 1.56 bits per heavy atom.